The van der Waals surface area contributed by atoms with E-state index < -0.39 is 10.0 Å². The van der Waals surface area contributed by atoms with Gasteiger partial charge in [-0.2, -0.15) is 11.8 Å². The van der Waals surface area contributed by atoms with Crippen LogP contribution in [-0.2, 0) is 10.0 Å². The lowest BCUT2D eigenvalue weighted by Crippen LogP contribution is -2.41. The Bertz CT molecular complexity index is 533. The van der Waals surface area contributed by atoms with Gasteiger partial charge in [-0.1, -0.05) is 15.9 Å². The zero-order chi connectivity index (χ0) is 14.6. The average Bonchev–Trinajstić information content (AvgIpc) is 2.29. The van der Waals surface area contributed by atoms with Crippen molar-refractivity contribution in [2.45, 2.75) is 23.1 Å². The molecule has 108 valence electrons. The maximum atomic E-state index is 12.3. The number of thioether (sulfide) groups is 1. The van der Waals surface area contributed by atoms with Crippen LogP contribution in [0.2, 0.25) is 0 Å². The van der Waals surface area contributed by atoms with Gasteiger partial charge in [0.1, 0.15) is 0 Å². The number of benzene rings is 1. The van der Waals surface area contributed by atoms with E-state index in [4.69, 9.17) is 0 Å². The normalized spacial score (nSPS) is 15.2. The van der Waals surface area contributed by atoms with Crippen LogP contribution in [0.1, 0.15) is 6.92 Å². The second-order valence-corrected chi connectivity index (χ2v) is 8.47. The van der Waals surface area contributed by atoms with Gasteiger partial charge in [-0.15, -0.1) is 0 Å². The van der Waals surface area contributed by atoms with Crippen LogP contribution in [0.5, 0.6) is 0 Å². The van der Waals surface area contributed by atoms with Crippen molar-refractivity contribution in [1.82, 2.24) is 4.72 Å². The van der Waals surface area contributed by atoms with Gasteiger partial charge in [-0.25, -0.2) is 13.1 Å². The number of hydrogen-bond acceptors (Lipinski definition) is 4. The van der Waals surface area contributed by atoms with E-state index in [2.05, 4.69) is 36.6 Å². The Morgan fingerprint density at radius 3 is 2.53 bits per heavy atom. The van der Waals surface area contributed by atoms with Gasteiger partial charge in [-0.05, 0) is 47.3 Å². The first kappa shape index (κ1) is 17.5. The molecule has 0 aliphatic carbocycles. The first-order valence-corrected chi connectivity index (χ1v) is 9.78. The van der Waals surface area contributed by atoms with Crippen molar-refractivity contribution in [3.63, 3.8) is 0 Å². The van der Waals surface area contributed by atoms with Crippen LogP contribution in [0.15, 0.2) is 32.0 Å². The molecule has 2 unspecified atom stereocenters. The number of sulfonamides is 1. The van der Waals surface area contributed by atoms with Crippen LogP contribution in [0.4, 0.5) is 0 Å². The summed E-state index contributed by atoms with van der Waals surface area (Å²) in [5, 5.41) is 9.01. The van der Waals surface area contributed by atoms with Gasteiger partial charge in [0.2, 0.25) is 10.0 Å². The largest absolute Gasteiger partial charge is 0.395 e. The third kappa shape index (κ3) is 4.71. The van der Waals surface area contributed by atoms with Crippen LogP contribution in [0.3, 0.4) is 0 Å². The van der Waals surface area contributed by atoms with Crippen LogP contribution in [-0.4, -0.2) is 37.7 Å². The maximum absolute atomic E-state index is 12.3. The van der Waals surface area contributed by atoms with E-state index in [9.17, 15) is 13.5 Å². The Morgan fingerprint density at radius 2 is 2.05 bits per heavy atom. The van der Waals surface area contributed by atoms with Crippen molar-refractivity contribution in [2.75, 3.05) is 12.9 Å². The third-order valence-electron chi connectivity index (χ3n) is 2.56. The molecule has 1 aromatic carbocycles. The molecule has 0 aliphatic heterocycles. The van der Waals surface area contributed by atoms with Gasteiger partial charge in [0, 0.05) is 20.2 Å². The van der Waals surface area contributed by atoms with Gasteiger partial charge in [-0.3, -0.25) is 0 Å². The standard InChI is InChI=1S/C11H15Br2NO3S2/c1-7(10(6-15)18-2)14-19(16,17)11-4-3-8(12)5-9(11)13/h3-5,7,10,14-15H,6H2,1-2H3. The lowest BCUT2D eigenvalue weighted by Gasteiger charge is -2.21. The van der Waals surface area contributed by atoms with E-state index in [-0.39, 0.29) is 22.8 Å². The Hall–Kier alpha value is 0.400. The molecule has 2 atom stereocenters. The highest BCUT2D eigenvalue weighted by molar-refractivity contribution is 9.11. The molecule has 0 aliphatic rings. The topological polar surface area (TPSA) is 66.4 Å². The minimum Gasteiger partial charge on any atom is -0.395 e. The molecule has 0 radical (unpaired) electrons. The fraction of sp³-hybridized carbons (Fsp3) is 0.455. The van der Waals surface area contributed by atoms with E-state index in [1.807, 2.05) is 6.26 Å². The van der Waals surface area contributed by atoms with Crippen molar-refractivity contribution in [2.24, 2.45) is 0 Å². The lowest BCUT2D eigenvalue weighted by atomic mass is 10.3. The van der Waals surface area contributed by atoms with Crippen LogP contribution in [0, 0.1) is 0 Å². The summed E-state index contributed by atoms with van der Waals surface area (Å²) in [6.45, 7) is 1.66. The monoisotopic (exact) mass is 431 g/mol. The molecule has 8 heteroatoms. The smallest absolute Gasteiger partial charge is 0.241 e. The summed E-state index contributed by atoms with van der Waals surface area (Å²) in [6.07, 6.45) is 1.83. The minimum absolute atomic E-state index is 0.0770. The summed E-state index contributed by atoms with van der Waals surface area (Å²) in [7, 11) is -3.61. The van der Waals surface area contributed by atoms with E-state index in [1.165, 1.54) is 17.8 Å². The minimum atomic E-state index is -3.61. The molecule has 0 saturated heterocycles. The molecule has 0 fully saturated rings. The average molecular weight is 433 g/mol. The van der Waals surface area contributed by atoms with Crippen molar-refractivity contribution >= 4 is 53.6 Å². The van der Waals surface area contributed by atoms with Crippen LogP contribution >= 0.6 is 43.6 Å². The molecule has 0 aromatic heterocycles. The second kappa shape index (κ2) is 7.42. The van der Waals surface area contributed by atoms with Gasteiger partial charge in [0.05, 0.1) is 11.5 Å². The molecular weight excluding hydrogens is 418 g/mol. The molecule has 0 bridgehead atoms. The maximum Gasteiger partial charge on any atom is 0.241 e. The molecule has 0 heterocycles. The van der Waals surface area contributed by atoms with Crippen molar-refractivity contribution in [3.05, 3.63) is 27.1 Å². The van der Waals surface area contributed by atoms with Gasteiger partial charge in [0.15, 0.2) is 0 Å². The Balaban J connectivity index is 2.98. The summed E-state index contributed by atoms with van der Waals surface area (Å²) in [5.41, 5.74) is 0. The molecule has 1 aromatic rings. The molecule has 0 spiro atoms. The van der Waals surface area contributed by atoms with Crippen LogP contribution < -0.4 is 4.72 Å². The number of halogens is 2. The molecular formula is C11H15Br2NO3S2. The Morgan fingerprint density at radius 1 is 1.42 bits per heavy atom. The number of rotatable bonds is 6. The zero-order valence-electron chi connectivity index (χ0n) is 10.4. The SMILES string of the molecule is CSC(CO)C(C)NS(=O)(=O)c1ccc(Br)cc1Br. The summed E-state index contributed by atoms with van der Waals surface area (Å²) in [6, 6.07) is 4.51. The van der Waals surface area contributed by atoms with E-state index in [0.717, 1.165) is 4.47 Å². The van der Waals surface area contributed by atoms with Crippen LogP contribution in [0.25, 0.3) is 0 Å². The highest BCUT2D eigenvalue weighted by Gasteiger charge is 2.24. The van der Waals surface area contributed by atoms with E-state index >= 15 is 0 Å². The molecule has 4 nitrogen and oxygen atoms in total. The Labute approximate surface area is 134 Å². The highest BCUT2D eigenvalue weighted by Crippen LogP contribution is 2.26. The molecule has 2 N–H and O–H groups in total. The molecule has 0 saturated carbocycles. The number of aliphatic hydroxyl groups is 1. The molecule has 0 amide bonds. The number of aliphatic hydroxyl groups excluding tert-OH is 1. The fourth-order valence-corrected chi connectivity index (χ4v) is 5.26. The van der Waals surface area contributed by atoms with Gasteiger partial charge in [0.25, 0.3) is 0 Å². The first-order chi connectivity index (χ1) is 8.81. The number of nitrogens with one attached hydrogen (secondary N) is 1. The fourth-order valence-electron chi connectivity index (χ4n) is 1.51. The lowest BCUT2D eigenvalue weighted by molar-refractivity contribution is 0.282. The highest BCUT2D eigenvalue weighted by atomic mass is 79.9. The van der Waals surface area contributed by atoms with Crippen molar-refractivity contribution in [3.8, 4) is 0 Å². The first-order valence-electron chi connectivity index (χ1n) is 5.43. The van der Waals surface area contributed by atoms with E-state index in [0.29, 0.717) is 4.47 Å². The summed E-state index contributed by atoms with van der Waals surface area (Å²) < 4.78 is 28.4. The van der Waals surface area contributed by atoms with Gasteiger partial charge >= 0.3 is 0 Å². The Kier molecular flexibility index (Phi) is 6.82. The quantitative estimate of drug-likeness (QED) is 0.724. The third-order valence-corrected chi connectivity index (χ3v) is 6.76. The van der Waals surface area contributed by atoms with E-state index in [1.54, 1.807) is 19.1 Å². The predicted molar refractivity (Wildman–Crippen MR) is 86.0 cm³/mol. The zero-order valence-corrected chi connectivity index (χ0v) is 15.2. The van der Waals surface area contributed by atoms with Gasteiger partial charge < -0.3 is 5.11 Å². The van der Waals surface area contributed by atoms with Crippen molar-refractivity contribution < 1.29 is 13.5 Å². The second-order valence-electron chi connectivity index (χ2n) is 3.94. The molecule has 19 heavy (non-hydrogen) atoms. The molecule has 1 rings (SSSR count). The predicted octanol–water partition coefficient (Wildman–Crippen LogP) is 2.60. The van der Waals surface area contributed by atoms with Crippen molar-refractivity contribution in [1.29, 1.82) is 0 Å². The summed E-state index contributed by atoms with van der Waals surface area (Å²) in [4.78, 5) is 0.181. The number of hydrogen-bond donors (Lipinski definition) is 2. The summed E-state index contributed by atoms with van der Waals surface area (Å²) in [5.74, 6) is 0. The summed E-state index contributed by atoms with van der Waals surface area (Å²) >= 11 is 7.94.